The average Bonchev–Trinajstić information content (AvgIpc) is 2.88. The quantitative estimate of drug-likeness (QED) is 0.181. The van der Waals surface area contributed by atoms with Crippen molar-refractivity contribution < 1.29 is 0 Å². The molecular formula is C28H29NP2SSiSn. The number of hydrogen-bond donors (Lipinski definition) is 0. The van der Waals surface area contributed by atoms with Crippen LogP contribution in [-0.2, 0) is 11.8 Å². The van der Waals surface area contributed by atoms with Crippen LogP contribution in [0.3, 0.4) is 0 Å². The van der Waals surface area contributed by atoms with Crippen LogP contribution in [-0.4, -0.2) is 33.3 Å². The van der Waals surface area contributed by atoms with Gasteiger partial charge in [-0.3, -0.25) is 0 Å². The van der Waals surface area contributed by atoms with E-state index in [4.69, 9.17) is 16.2 Å². The predicted octanol–water partition coefficient (Wildman–Crippen LogP) is 6.06. The Morgan fingerprint density at radius 3 is 1.18 bits per heavy atom. The third kappa shape index (κ3) is 5.10. The first-order chi connectivity index (χ1) is 16.3. The van der Waals surface area contributed by atoms with Crippen molar-refractivity contribution in [3.8, 4) is 0 Å². The molecular weight excluding hydrogens is 591 g/mol. The molecule has 0 N–H and O–H groups in total. The number of hydrogen-bond acceptors (Lipinski definition) is 2. The van der Waals surface area contributed by atoms with Gasteiger partial charge >= 0.3 is 225 Å². The van der Waals surface area contributed by atoms with Crippen LogP contribution in [0.25, 0.3) is 0 Å². The Labute approximate surface area is 223 Å². The zero-order valence-electron chi connectivity index (χ0n) is 19.8. The van der Waals surface area contributed by atoms with Gasteiger partial charge in [0.15, 0.2) is 0 Å². The first-order valence-electron chi connectivity index (χ1n) is 11.3. The Kier molecular flexibility index (Phi) is 8.11. The molecule has 34 heavy (non-hydrogen) atoms. The van der Waals surface area contributed by atoms with Crippen LogP contribution >= 0.6 is 13.1 Å². The summed E-state index contributed by atoms with van der Waals surface area (Å²) in [6.45, 7) is 7.06. The van der Waals surface area contributed by atoms with Crippen LogP contribution in [0.2, 0.25) is 19.6 Å². The predicted molar refractivity (Wildman–Crippen MR) is 162 cm³/mol. The SMILES string of the molecule is C[Si](C)(C)N=P([C](=[Sn])P(=S)(c1ccccc1)c1ccccc1)(c1ccccc1)c1ccccc1. The van der Waals surface area contributed by atoms with E-state index in [9.17, 15) is 0 Å². The van der Waals surface area contributed by atoms with Gasteiger partial charge in [0.1, 0.15) is 0 Å². The topological polar surface area (TPSA) is 12.4 Å². The molecule has 0 aliphatic rings. The van der Waals surface area contributed by atoms with Gasteiger partial charge in [0.25, 0.3) is 0 Å². The fourth-order valence-electron chi connectivity index (χ4n) is 4.17. The molecule has 0 saturated heterocycles. The molecule has 0 bridgehead atoms. The van der Waals surface area contributed by atoms with Gasteiger partial charge in [-0.05, 0) is 0 Å². The summed E-state index contributed by atoms with van der Waals surface area (Å²) in [6.07, 6.45) is 0. The minimum atomic E-state index is -2.29. The molecule has 170 valence electrons. The third-order valence-corrected chi connectivity index (χ3v) is 25.5. The summed E-state index contributed by atoms with van der Waals surface area (Å²) < 4.78 is 7.34. The van der Waals surface area contributed by atoms with Gasteiger partial charge in [-0.15, -0.1) is 0 Å². The monoisotopic (exact) mass is 621 g/mol. The van der Waals surface area contributed by atoms with E-state index < -0.39 is 21.3 Å². The van der Waals surface area contributed by atoms with Gasteiger partial charge in [-0.25, -0.2) is 0 Å². The Balaban J connectivity index is 2.16. The summed E-state index contributed by atoms with van der Waals surface area (Å²) in [5.74, 6) is 0. The first kappa shape index (κ1) is 25.7. The molecule has 0 fully saturated rings. The molecule has 2 radical (unpaired) electrons. The number of nitrogens with zero attached hydrogens (tertiary/aromatic N) is 1. The van der Waals surface area contributed by atoms with Gasteiger partial charge in [-0.1, -0.05) is 0 Å². The van der Waals surface area contributed by atoms with Crippen LogP contribution in [0.1, 0.15) is 0 Å². The molecule has 4 aromatic carbocycles. The molecule has 4 aromatic rings. The number of rotatable bonds is 7. The third-order valence-electron chi connectivity index (χ3n) is 5.55. The fourth-order valence-corrected chi connectivity index (χ4v) is 24.0. The van der Waals surface area contributed by atoms with Crippen molar-refractivity contribution >= 4 is 79.4 Å². The summed E-state index contributed by atoms with van der Waals surface area (Å²) in [4.78, 5) is 0. The fraction of sp³-hybridized carbons (Fsp3) is 0.107. The Hall–Kier alpha value is -1.35. The average molecular weight is 620 g/mol. The van der Waals surface area contributed by atoms with E-state index in [1.165, 1.54) is 46.3 Å². The molecule has 6 heteroatoms. The standard InChI is InChI=1S/C28H29NP2SSi.Sn/c1-33(2,3)29-30(25-16-8-4-9-17-25,26-18-10-5-11-19-26)24-31(32,27-20-12-6-13-21-27)28-22-14-7-15-23-28;/h4-23H,1-3H3;. The van der Waals surface area contributed by atoms with E-state index >= 15 is 0 Å². The van der Waals surface area contributed by atoms with Gasteiger partial charge in [0, 0.05) is 0 Å². The van der Waals surface area contributed by atoms with Crippen molar-refractivity contribution in [2.45, 2.75) is 19.6 Å². The van der Waals surface area contributed by atoms with Gasteiger partial charge in [-0.2, -0.15) is 0 Å². The minimum absolute atomic E-state index is 1.25. The van der Waals surface area contributed by atoms with Crippen molar-refractivity contribution in [2.75, 3.05) is 0 Å². The normalized spacial score (nSPS) is 12.2. The number of benzene rings is 4. The molecule has 0 atom stereocenters. The van der Waals surface area contributed by atoms with Crippen LogP contribution in [0.15, 0.2) is 126 Å². The maximum absolute atomic E-state index is 6.87. The van der Waals surface area contributed by atoms with Crippen molar-refractivity contribution in [1.29, 1.82) is 0 Å². The van der Waals surface area contributed by atoms with Gasteiger partial charge in [0.05, 0.1) is 0 Å². The summed E-state index contributed by atoms with van der Waals surface area (Å²) >= 11 is 8.26. The zero-order valence-corrected chi connectivity index (χ0v) is 26.3. The molecule has 0 spiro atoms. The molecule has 1 nitrogen and oxygen atoms in total. The second-order valence-corrected chi connectivity index (χ2v) is 25.6. The van der Waals surface area contributed by atoms with Crippen LogP contribution in [0.5, 0.6) is 0 Å². The molecule has 0 aromatic heterocycles. The van der Waals surface area contributed by atoms with E-state index in [1.807, 2.05) is 0 Å². The molecule has 0 unspecified atom stereocenters. The zero-order chi connectivity index (χ0) is 24.2. The molecule has 0 saturated carbocycles. The van der Waals surface area contributed by atoms with Crippen molar-refractivity contribution in [1.82, 2.24) is 0 Å². The van der Waals surface area contributed by atoms with Crippen LogP contribution in [0.4, 0.5) is 0 Å². The molecule has 0 aliphatic heterocycles. The summed E-state index contributed by atoms with van der Waals surface area (Å²) in [6, 6.07) is 41.3. The van der Waals surface area contributed by atoms with Crippen molar-refractivity contribution in [2.24, 2.45) is 4.41 Å². The molecule has 0 aliphatic carbocycles. The second-order valence-electron chi connectivity index (χ2n) is 9.18. The Morgan fingerprint density at radius 1 is 0.588 bits per heavy atom. The van der Waals surface area contributed by atoms with E-state index in [1.54, 1.807) is 0 Å². The van der Waals surface area contributed by atoms with Gasteiger partial charge < -0.3 is 0 Å². The van der Waals surface area contributed by atoms with Crippen molar-refractivity contribution in [3.05, 3.63) is 121 Å². The maximum atomic E-state index is 6.87. The Bertz CT molecular complexity index is 1280. The van der Waals surface area contributed by atoms with E-state index in [2.05, 4.69) is 141 Å². The first-order valence-corrected chi connectivity index (χ1v) is 20.8. The molecule has 0 amide bonds. The summed E-state index contributed by atoms with van der Waals surface area (Å²) in [5.41, 5.74) is 0. The van der Waals surface area contributed by atoms with Gasteiger partial charge in [0.2, 0.25) is 0 Å². The van der Waals surface area contributed by atoms with E-state index in [0.29, 0.717) is 0 Å². The molecule has 4 rings (SSSR count). The Morgan fingerprint density at radius 2 is 0.882 bits per heavy atom. The van der Waals surface area contributed by atoms with Crippen molar-refractivity contribution in [3.63, 3.8) is 0 Å². The second kappa shape index (κ2) is 10.7. The summed E-state index contributed by atoms with van der Waals surface area (Å²) in [5, 5.41) is 5.14. The van der Waals surface area contributed by atoms with E-state index in [0.717, 1.165) is 0 Å². The van der Waals surface area contributed by atoms with Crippen LogP contribution in [0, 0.1) is 0 Å². The summed E-state index contributed by atoms with van der Waals surface area (Å²) in [7, 11) is -4.14. The van der Waals surface area contributed by atoms with Crippen LogP contribution < -0.4 is 21.2 Å². The molecule has 0 heterocycles. The van der Waals surface area contributed by atoms with E-state index in [-0.39, 0.29) is 0 Å².